The molecule has 3 atom stereocenters. The lowest BCUT2D eigenvalue weighted by Gasteiger charge is -2.40. The van der Waals surface area contributed by atoms with Gasteiger partial charge in [-0.1, -0.05) is 48.8 Å². The molecule has 1 saturated heterocycles. The second-order valence-corrected chi connectivity index (χ2v) is 11.2. The van der Waals surface area contributed by atoms with Crippen molar-refractivity contribution in [2.24, 2.45) is 5.92 Å². The third-order valence-electron chi connectivity index (χ3n) is 7.65. The van der Waals surface area contributed by atoms with Gasteiger partial charge in [0.1, 0.15) is 5.82 Å². The summed E-state index contributed by atoms with van der Waals surface area (Å²) in [5.41, 5.74) is 6.79. The highest BCUT2D eigenvalue weighted by molar-refractivity contribution is 9.10. The number of nitrogens with zero attached hydrogens (tertiary/aromatic N) is 3. The van der Waals surface area contributed by atoms with Gasteiger partial charge in [0.25, 0.3) is 0 Å². The maximum absolute atomic E-state index is 6.13. The second kappa shape index (κ2) is 9.52. The minimum absolute atomic E-state index is 0.178. The Kier molecular flexibility index (Phi) is 6.65. The van der Waals surface area contributed by atoms with E-state index in [1.54, 1.807) is 0 Å². The van der Waals surface area contributed by atoms with Crippen molar-refractivity contribution in [3.63, 3.8) is 0 Å². The Bertz CT molecular complexity index is 1140. The van der Waals surface area contributed by atoms with Crippen molar-refractivity contribution >= 4 is 27.0 Å². The van der Waals surface area contributed by atoms with Gasteiger partial charge in [0.15, 0.2) is 0 Å². The number of ether oxygens (including phenoxy) is 1. The highest BCUT2D eigenvalue weighted by Gasteiger charge is 2.35. The number of aryl methyl sites for hydroxylation is 1. The summed E-state index contributed by atoms with van der Waals surface area (Å²) in [6.45, 7) is 9.98. The van der Waals surface area contributed by atoms with E-state index in [0.29, 0.717) is 17.9 Å². The number of benzene rings is 2. The van der Waals surface area contributed by atoms with Crippen LogP contribution in [0.3, 0.4) is 0 Å². The van der Waals surface area contributed by atoms with Crippen LogP contribution in [0.4, 0.5) is 0 Å². The van der Waals surface area contributed by atoms with Crippen LogP contribution in [0.5, 0.6) is 0 Å². The summed E-state index contributed by atoms with van der Waals surface area (Å²) in [7, 11) is 1.88. The molecule has 0 unspecified atom stereocenters. The largest absolute Gasteiger partial charge is 0.378 e. The number of rotatable bonds is 6. The zero-order valence-corrected chi connectivity index (χ0v) is 21.9. The van der Waals surface area contributed by atoms with Crippen molar-refractivity contribution in [2.45, 2.75) is 64.5 Å². The van der Waals surface area contributed by atoms with E-state index in [0.717, 1.165) is 38.0 Å². The van der Waals surface area contributed by atoms with Crippen molar-refractivity contribution in [3.8, 4) is 0 Å². The van der Waals surface area contributed by atoms with Gasteiger partial charge >= 0.3 is 0 Å². The zero-order chi connectivity index (χ0) is 23.1. The molecule has 5 heteroatoms. The Morgan fingerprint density at radius 2 is 1.94 bits per heavy atom. The number of piperidine rings is 1. The fourth-order valence-corrected chi connectivity index (χ4v) is 6.38. The molecule has 0 radical (unpaired) electrons. The molecule has 3 aromatic rings. The minimum atomic E-state index is 0.178. The highest BCUT2D eigenvalue weighted by Crippen LogP contribution is 2.35. The Labute approximate surface area is 206 Å². The molecule has 1 fully saturated rings. The van der Waals surface area contributed by atoms with Crippen LogP contribution in [0.15, 0.2) is 40.9 Å². The highest BCUT2D eigenvalue weighted by atomic mass is 79.9. The average molecular weight is 511 g/mol. The van der Waals surface area contributed by atoms with Crippen molar-refractivity contribution in [3.05, 3.63) is 63.4 Å². The van der Waals surface area contributed by atoms with Crippen LogP contribution in [-0.2, 0) is 24.0 Å². The molecular weight excluding hydrogens is 474 g/mol. The molecule has 33 heavy (non-hydrogen) atoms. The second-order valence-electron chi connectivity index (χ2n) is 10.2. The van der Waals surface area contributed by atoms with E-state index in [4.69, 9.17) is 9.72 Å². The first-order valence-corrected chi connectivity index (χ1v) is 13.3. The van der Waals surface area contributed by atoms with E-state index in [1.807, 2.05) is 7.11 Å². The SMILES string of the molecule is CCc1ccc2c(c1)nc(C(C)C)n2[C@H]1CCN(C[C@@H]2Cc3ccc(Br)cc3C2)C[C@@H]1OC. The summed E-state index contributed by atoms with van der Waals surface area (Å²) in [6.07, 6.45) is 4.71. The van der Waals surface area contributed by atoms with Crippen LogP contribution in [0.25, 0.3) is 11.0 Å². The lowest BCUT2D eigenvalue weighted by atomic mass is 9.97. The molecular formula is C28H36BrN3O. The molecule has 0 N–H and O–H groups in total. The van der Waals surface area contributed by atoms with Gasteiger partial charge in [0, 0.05) is 37.1 Å². The van der Waals surface area contributed by atoms with Crippen molar-refractivity contribution in [1.29, 1.82) is 0 Å². The van der Waals surface area contributed by atoms with Crippen LogP contribution in [0.2, 0.25) is 0 Å². The Balaban J connectivity index is 1.35. The van der Waals surface area contributed by atoms with E-state index in [2.05, 4.69) is 82.6 Å². The molecule has 0 bridgehead atoms. The van der Waals surface area contributed by atoms with E-state index in [1.165, 1.54) is 45.3 Å². The van der Waals surface area contributed by atoms with Crippen LogP contribution in [0, 0.1) is 5.92 Å². The number of halogens is 1. The molecule has 1 aliphatic heterocycles. The molecule has 176 valence electrons. The third-order valence-corrected chi connectivity index (χ3v) is 8.14. The summed E-state index contributed by atoms with van der Waals surface area (Å²) in [5.74, 6) is 2.28. The molecule has 1 aromatic heterocycles. The molecule has 5 rings (SSSR count). The van der Waals surface area contributed by atoms with Crippen LogP contribution in [-0.4, -0.2) is 47.3 Å². The van der Waals surface area contributed by atoms with Gasteiger partial charge in [-0.3, -0.25) is 0 Å². The fourth-order valence-electron chi connectivity index (χ4n) is 5.97. The first kappa shape index (κ1) is 23.1. The van der Waals surface area contributed by atoms with Crippen LogP contribution < -0.4 is 0 Å². The molecule has 1 aliphatic carbocycles. The monoisotopic (exact) mass is 509 g/mol. The van der Waals surface area contributed by atoms with Gasteiger partial charge < -0.3 is 14.2 Å². The number of aromatic nitrogens is 2. The summed E-state index contributed by atoms with van der Waals surface area (Å²) in [5, 5.41) is 0. The van der Waals surface area contributed by atoms with E-state index in [-0.39, 0.29) is 6.10 Å². The number of methoxy groups -OCH3 is 1. The summed E-state index contributed by atoms with van der Waals surface area (Å²) < 4.78 is 9.84. The normalized spacial score (nSPS) is 23.5. The maximum Gasteiger partial charge on any atom is 0.112 e. The number of hydrogen-bond acceptors (Lipinski definition) is 3. The van der Waals surface area contributed by atoms with Gasteiger partial charge in [-0.25, -0.2) is 4.98 Å². The minimum Gasteiger partial charge on any atom is -0.378 e. The fraction of sp³-hybridized carbons (Fsp3) is 0.536. The third kappa shape index (κ3) is 4.52. The molecule has 0 saturated carbocycles. The van der Waals surface area contributed by atoms with Crippen LogP contribution in [0.1, 0.15) is 61.7 Å². The summed E-state index contributed by atoms with van der Waals surface area (Å²) in [6, 6.07) is 13.9. The first-order valence-electron chi connectivity index (χ1n) is 12.5. The average Bonchev–Trinajstić information content (AvgIpc) is 3.38. The molecule has 2 aromatic carbocycles. The topological polar surface area (TPSA) is 30.3 Å². The Morgan fingerprint density at radius 3 is 2.70 bits per heavy atom. The maximum atomic E-state index is 6.13. The standard InChI is InChI=1S/C28H36BrN3O/c1-5-19-6-9-25-24(14-19)30-28(18(2)3)32(25)26-10-11-31(17-27(26)33-4)16-20-12-21-7-8-23(29)15-22(21)13-20/h6-9,14-15,18,20,26-27H,5,10-13,16-17H2,1-4H3/t20-,26+,27+/m1/s1. The zero-order valence-electron chi connectivity index (χ0n) is 20.4. The molecule has 0 amide bonds. The lowest BCUT2D eigenvalue weighted by Crippen LogP contribution is -2.47. The molecule has 2 aliphatic rings. The number of fused-ring (bicyclic) bond motifs is 2. The smallest absolute Gasteiger partial charge is 0.112 e. The van der Waals surface area contributed by atoms with E-state index < -0.39 is 0 Å². The summed E-state index contributed by atoms with van der Waals surface area (Å²) >= 11 is 3.63. The van der Waals surface area contributed by atoms with Gasteiger partial charge in [-0.05, 0) is 72.6 Å². The van der Waals surface area contributed by atoms with E-state index in [9.17, 15) is 0 Å². The number of hydrogen-bond donors (Lipinski definition) is 0. The first-order chi connectivity index (χ1) is 16.0. The number of imidazole rings is 1. The van der Waals surface area contributed by atoms with Gasteiger partial charge in [-0.2, -0.15) is 0 Å². The van der Waals surface area contributed by atoms with Crippen molar-refractivity contribution in [1.82, 2.24) is 14.5 Å². The quantitative estimate of drug-likeness (QED) is 0.398. The Morgan fingerprint density at radius 1 is 1.12 bits per heavy atom. The van der Waals surface area contributed by atoms with Crippen molar-refractivity contribution < 1.29 is 4.74 Å². The lowest BCUT2D eigenvalue weighted by molar-refractivity contribution is -0.00966. The summed E-state index contributed by atoms with van der Waals surface area (Å²) in [4.78, 5) is 7.73. The van der Waals surface area contributed by atoms with Crippen molar-refractivity contribution in [2.75, 3.05) is 26.7 Å². The molecule has 4 nitrogen and oxygen atoms in total. The molecule has 2 heterocycles. The number of likely N-dealkylation sites (tertiary alicyclic amines) is 1. The predicted molar refractivity (Wildman–Crippen MR) is 139 cm³/mol. The Hall–Kier alpha value is -1.69. The van der Waals surface area contributed by atoms with E-state index >= 15 is 0 Å². The van der Waals surface area contributed by atoms with Gasteiger partial charge in [-0.15, -0.1) is 0 Å². The van der Waals surface area contributed by atoms with Gasteiger partial charge in [0.2, 0.25) is 0 Å². The molecule has 0 spiro atoms. The van der Waals surface area contributed by atoms with Gasteiger partial charge in [0.05, 0.1) is 23.2 Å². The predicted octanol–water partition coefficient (Wildman–Crippen LogP) is 6.16. The van der Waals surface area contributed by atoms with Crippen LogP contribution >= 0.6 is 15.9 Å².